The standard InChI is InChI=1S/C18H21F3N4O3/c1-12(24(2)10-16-22-5-6-25(16)11-18(19,20)21)17(26)23-13-3-4-14-15(9-13)28-8-7-27-14/h3-6,9,12H,7-8,10-11H2,1-2H3,(H,23,26). The third-order valence-corrected chi connectivity index (χ3v) is 4.39. The van der Waals surface area contributed by atoms with Crippen LogP contribution in [0.1, 0.15) is 12.7 Å². The van der Waals surface area contributed by atoms with Crippen molar-refractivity contribution in [2.24, 2.45) is 0 Å². The van der Waals surface area contributed by atoms with E-state index in [4.69, 9.17) is 9.47 Å². The average molecular weight is 398 g/mol. The number of ether oxygens (including phenoxy) is 2. The summed E-state index contributed by atoms with van der Waals surface area (Å²) in [6.07, 6.45) is -1.75. The Morgan fingerprint density at radius 3 is 2.75 bits per heavy atom. The fraction of sp³-hybridized carbons (Fsp3) is 0.444. The predicted molar refractivity (Wildman–Crippen MR) is 95.3 cm³/mol. The second-order valence-electron chi connectivity index (χ2n) is 6.53. The van der Waals surface area contributed by atoms with Crippen LogP contribution in [-0.2, 0) is 17.9 Å². The minimum atomic E-state index is -4.34. The summed E-state index contributed by atoms with van der Waals surface area (Å²) >= 11 is 0. The van der Waals surface area contributed by atoms with Crippen LogP contribution in [0.3, 0.4) is 0 Å². The zero-order valence-corrected chi connectivity index (χ0v) is 15.5. The number of rotatable bonds is 6. The summed E-state index contributed by atoms with van der Waals surface area (Å²) in [5.74, 6) is 1.11. The number of carbonyl (C=O) groups is 1. The molecule has 0 spiro atoms. The Balaban J connectivity index is 1.61. The zero-order chi connectivity index (χ0) is 20.3. The van der Waals surface area contributed by atoms with Gasteiger partial charge in [-0.15, -0.1) is 0 Å². The van der Waals surface area contributed by atoms with Crippen LogP contribution in [0, 0.1) is 0 Å². The number of nitrogens with zero attached hydrogens (tertiary/aromatic N) is 3. The van der Waals surface area contributed by atoms with Crippen molar-refractivity contribution < 1.29 is 27.4 Å². The third-order valence-electron chi connectivity index (χ3n) is 4.39. The first kappa shape index (κ1) is 20.0. The van der Waals surface area contributed by atoms with Gasteiger partial charge in [0.1, 0.15) is 25.6 Å². The van der Waals surface area contributed by atoms with E-state index in [0.29, 0.717) is 30.4 Å². The molecular formula is C18H21F3N4O3. The monoisotopic (exact) mass is 398 g/mol. The predicted octanol–water partition coefficient (Wildman–Crippen LogP) is 2.68. The molecule has 152 valence electrons. The molecule has 1 N–H and O–H groups in total. The zero-order valence-electron chi connectivity index (χ0n) is 15.5. The van der Waals surface area contributed by atoms with Crippen molar-refractivity contribution in [2.45, 2.75) is 32.2 Å². The van der Waals surface area contributed by atoms with Crippen molar-refractivity contribution in [3.8, 4) is 11.5 Å². The van der Waals surface area contributed by atoms with Crippen LogP contribution in [-0.4, -0.2) is 52.8 Å². The molecule has 10 heteroatoms. The molecule has 2 heterocycles. The molecule has 0 saturated heterocycles. The summed E-state index contributed by atoms with van der Waals surface area (Å²) in [6.45, 7) is 1.57. The van der Waals surface area contributed by atoms with Crippen LogP contribution in [0.25, 0.3) is 0 Å². The van der Waals surface area contributed by atoms with E-state index in [1.807, 2.05) is 0 Å². The van der Waals surface area contributed by atoms with Gasteiger partial charge in [-0.1, -0.05) is 0 Å². The number of carbonyl (C=O) groups excluding carboxylic acids is 1. The number of amides is 1. The molecule has 3 rings (SSSR count). The first-order chi connectivity index (χ1) is 13.2. The smallest absolute Gasteiger partial charge is 0.406 e. The summed E-state index contributed by atoms with van der Waals surface area (Å²) in [5.41, 5.74) is 0.549. The van der Waals surface area contributed by atoms with Crippen LogP contribution in [0.15, 0.2) is 30.6 Å². The topological polar surface area (TPSA) is 68.6 Å². The number of hydrogen-bond acceptors (Lipinski definition) is 5. The van der Waals surface area contributed by atoms with Crippen LogP contribution in [0.2, 0.25) is 0 Å². The molecule has 0 fully saturated rings. The maximum absolute atomic E-state index is 12.6. The van der Waals surface area contributed by atoms with Crippen molar-refractivity contribution in [2.75, 3.05) is 25.6 Å². The van der Waals surface area contributed by atoms with Crippen molar-refractivity contribution >= 4 is 11.6 Å². The van der Waals surface area contributed by atoms with Crippen molar-refractivity contribution in [3.05, 3.63) is 36.4 Å². The van der Waals surface area contributed by atoms with E-state index >= 15 is 0 Å². The van der Waals surface area contributed by atoms with Gasteiger partial charge in [-0.05, 0) is 26.1 Å². The Morgan fingerprint density at radius 1 is 1.32 bits per heavy atom. The van der Waals surface area contributed by atoms with E-state index in [1.54, 1.807) is 37.1 Å². The molecule has 0 saturated carbocycles. The summed E-state index contributed by atoms with van der Waals surface area (Å²) in [4.78, 5) is 18.1. The van der Waals surface area contributed by atoms with E-state index in [2.05, 4.69) is 10.3 Å². The van der Waals surface area contributed by atoms with Gasteiger partial charge in [0, 0.05) is 24.1 Å². The van der Waals surface area contributed by atoms with Gasteiger partial charge >= 0.3 is 6.18 Å². The normalized spacial score (nSPS) is 14.8. The minimum absolute atomic E-state index is 0.0960. The Bertz CT molecular complexity index is 838. The van der Waals surface area contributed by atoms with Crippen LogP contribution in [0.4, 0.5) is 18.9 Å². The Hall–Kier alpha value is -2.75. The molecule has 1 unspecified atom stereocenters. The molecule has 1 amide bonds. The highest BCUT2D eigenvalue weighted by Gasteiger charge is 2.29. The molecule has 1 aliphatic heterocycles. The molecule has 1 aliphatic rings. The van der Waals surface area contributed by atoms with Gasteiger partial charge in [-0.2, -0.15) is 13.2 Å². The first-order valence-electron chi connectivity index (χ1n) is 8.70. The maximum Gasteiger partial charge on any atom is 0.406 e. The molecule has 0 bridgehead atoms. The molecule has 1 aromatic heterocycles. The Kier molecular flexibility index (Phi) is 5.78. The average Bonchev–Trinajstić information content (AvgIpc) is 3.05. The quantitative estimate of drug-likeness (QED) is 0.810. The number of benzene rings is 1. The lowest BCUT2D eigenvalue weighted by Crippen LogP contribution is -2.39. The van der Waals surface area contributed by atoms with Crippen LogP contribution >= 0.6 is 0 Å². The molecular weight excluding hydrogens is 377 g/mol. The highest BCUT2D eigenvalue weighted by Crippen LogP contribution is 2.32. The number of halogens is 3. The van der Waals surface area contributed by atoms with E-state index < -0.39 is 18.8 Å². The number of fused-ring (bicyclic) bond motifs is 1. The third kappa shape index (κ3) is 4.94. The van der Waals surface area contributed by atoms with Gasteiger partial charge in [-0.3, -0.25) is 9.69 Å². The van der Waals surface area contributed by atoms with Gasteiger partial charge in [0.05, 0.1) is 12.6 Å². The first-order valence-corrected chi connectivity index (χ1v) is 8.70. The second-order valence-corrected chi connectivity index (χ2v) is 6.53. The van der Waals surface area contributed by atoms with Gasteiger partial charge in [-0.25, -0.2) is 4.98 Å². The maximum atomic E-state index is 12.6. The lowest BCUT2D eigenvalue weighted by Gasteiger charge is -2.24. The number of aromatic nitrogens is 2. The van der Waals surface area contributed by atoms with E-state index in [0.717, 1.165) is 4.57 Å². The number of imidazole rings is 1. The Labute approximate surface area is 160 Å². The van der Waals surface area contributed by atoms with E-state index in [-0.39, 0.29) is 18.3 Å². The lowest BCUT2D eigenvalue weighted by atomic mass is 10.2. The van der Waals surface area contributed by atoms with Crippen molar-refractivity contribution in [3.63, 3.8) is 0 Å². The molecule has 0 radical (unpaired) electrons. The summed E-state index contributed by atoms with van der Waals surface area (Å²) in [5, 5.41) is 2.78. The van der Waals surface area contributed by atoms with Gasteiger partial charge < -0.3 is 19.4 Å². The minimum Gasteiger partial charge on any atom is -0.486 e. The number of alkyl halides is 3. The summed E-state index contributed by atoms with van der Waals surface area (Å²) in [7, 11) is 1.65. The highest BCUT2D eigenvalue weighted by atomic mass is 19.4. The summed E-state index contributed by atoms with van der Waals surface area (Å²) < 4.78 is 49.9. The molecule has 1 atom stereocenters. The number of likely N-dealkylation sites (N-methyl/N-ethyl adjacent to an activating group) is 1. The largest absolute Gasteiger partial charge is 0.486 e. The summed E-state index contributed by atoms with van der Waals surface area (Å²) in [6, 6.07) is 4.50. The van der Waals surface area contributed by atoms with Crippen LogP contribution in [0.5, 0.6) is 11.5 Å². The Morgan fingerprint density at radius 2 is 2.04 bits per heavy atom. The van der Waals surface area contributed by atoms with E-state index in [1.165, 1.54) is 12.4 Å². The highest BCUT2D eigenvalue weighted by molar-refractivity contribution is 5.94. The number of hydrogen-bond donors (Lipinski definition) is 1. The van der Waals surface area contributed by atoms with Crippen LogP contribution < -0.4 is 14.8 Å². The second kappa shape index (κ2) is 8.09. The fourth-order valence-corrected chi connectivity index (χ4v) is 2.76. The van der Waals surface area contributed by atoms with Gasteiger partial charge in [0.15, 0.2) is 11.5 Å². The number of anilines is 1. The molecule has 1 aromatic carbocycles. The SMILES string of the molecule is CC(C(=O)Nc1ccc2c(c1)OCCO2)N(C)Cc1nccn1CC(F)(F)F. The number of nitrogens with one attached hydrogen (secondary N) is 1. The van der Waals surface area contributed by atoms with E-state index in [9.17, 15) is 18.0 Å². The van der Waals surface area contributed by atoms with Gasteiger partial charge in [0.2, 0.25) is 5.91 Å². The molecule has 2 aromatic rings. The lowest BCUT2D eigenvalue weighted by molar-refractivity contribution is -0.141. The molecule has 28 heavy (non-hydrogen) atoms. The van der Waals surface area contributed by atoms with Crippen molar-refractivity contribution in [1.82, 2.24) is 14.5 Å². The fourth-order valence-electron chi connectivity index (χ4n) is 2.76. The molecule has 0 aliphatic carbocycles. The molecule has 7 nitrogen and oxygen atoms in total. The van der Waals surface area contributed by atoms with Crippen molar-refractivity contribution in [1.29, 1.82) is 0 Å². The van der Waals surface area contributed by atoms with Gasteiger partial charge in [0.25, 0.3) is 0 Å².